The number of ether oxygens (including phenoxy) is 2. The van der Waals surface area contributed by atoms with Gasteiger partial charge in [0, 0.05) is 25.1 Å². The van der Waals surface area contributed by atoms with Gasteiger partial charge in [0.25, 0.3) is 0 Å². The molecule has 1 spiro atoms. The summed E-state index contributed by atoms with van der Waals surface area (Å²) in [5.74, 6) is -0.391. The van der Waals surface area contributed by atoms with Gasteiger partial charge in [0.2, 0.25) is 0 Å². The molecule has 92 valence electrons. The molecule has 1 unspecified atom stereocenters. The van der Waals surface area contributed by atoms with Crippen LogP contribution in [0.25, 0.3) is 0 Å². The van der Waals surface area contributed by atoms with E-state index in [1.165, 1.54) is 0 Å². The Kier molecular flexibility index (Phi) is 2.86. The lowest BCUT2D eigenvalue weighted by Crippen LogP contribution is -2.39. The fourth-order valence-corrected chi connectivity index (χ4v) is 2.61. The lowest BCUT2D eigenvalue weighted by molar-refractivity contribution is -0.189. The summed E-state index contributed by atoms with van der Waals surface area (Å²) < 4.78 is 12.0. The van der Waals surface area contributed by atoms with Crippen molar-refractivity contribution in [2.45, 2.75) is 43.6 Å². The topological polar surface area (TPSA) is 57.4 Å². The molecule has 0 aromatic carbocycles. The van der Waals surface area contributed by atoms with Gasteiger partial charge in [-0.15, -0.1) is 0 Å². The minimum absolute atomic E-state index is 0.0227. The number of aromatic nitrogens is 1. The Morgan fingerprint density at radius 2 is 2.12 bits per heavy atom. The van der Waals surface area contributed by atoms with Gasteiger partial charge in [-0.3, -0.25) is 4.98 Å². The maximum absolute atomic E-state index is 6.08. The van der Waals surface area contributed by atoms with E-state index in [0.717, 1.165) is 31.4 Å². The molecule has 1 aromatic rings. The van der Waals surface area contributed by atoms with Gasteiger partial charge >= 0.3 is 0 Å². The molecule has 4 heteroatoms. The van der Waals surface area contributed by atoms with Crippen LogP contribution in [0.4, 0.5) is 0 Å². The number of pyridine rings is 1. The molecule has 1 atom stereocenters. The van der Waals surface area contributed by atoms with Gasteiger partial charge in [-0.05, 0) is 25.0 Å². The third kappa shape index (κ3) is 2.20. The molecule has 1 aromatic heterocycles. The first-order valence-electron chi connectivity index (χ1n) is 6.26. The van der Waals surface area contributed by atoms with Crippen LogP contribution < -0.4 is 5.73 Å². The second-order valence-electron chi connectivity index (χ2n) is 4.92. The van der Waals surface area contributed by atoms with Gasteiger partial charge in [0.1, 0.15) is 6.10 Å². The van der Waals surface area contributed by atoms with E-state index in [1.54, 1.807) is 6.20 Å². The van der Waals surface area contributed by atoms with E-state index < -0.39 is 5.79 Å². The molecule has 17 heavy (non-hydrogen) atoms. The molecule has 4 nitrogen and oxygen atoms in total. The molecule has 0 radical (unpaired) electrons. The molecule has 3 rings (SSSR count). The molecule has 1 saturated carbocycles. The molecule has 2 N–H and O–H groups in total. The largest absolute Gasteiger partial charge is 0.347 e. The predicted octanol–water partition coefficient (Wildman–Crippen LogP) is 1.77. The minimum Gasteiger partial charge on any atom is -0.347 e. The number of nitrogens with zero attached hydrogens (tertiary/aromatic N) is 1. The van der Waals surface area contributed by atoms with Crippen molar-refractivity contribution in [1.29, 1.82) is 0 Å². The van der Waals surface area contributed by atoms with Gasteiger partial charge in [-0.2, -0.15) is 0 Å². The Morgan fingerprint density at radius 3 is 2.82 bits per heavy atom. The highest BCUT2D eigenvalue weighted by atomic mass is 16.7. The normalized spacial score (nSPS) is 37.5. The summed E-state index contributed by atoms with van der Waals surface area (Å²) in [6, 6.07) is 6.19. The molecule has 1 saturated heterocycles. The summed E-state index contributed by atoms with van der Waals surface area (Å²) in [5, 5.41) is 0. The monoisotopic (exact) mass is 234 g/mol. The van der Waals surface area contributed by atoms with E-state index in [9.17, 15) is 0 Å². The summed E-state index contributed by atoms with van der Waals surface area (Å²) >= 11 is 0. The Labute approximate surface area is 101 Å². The summed E-state index contributed by atoms with van der Waals surface area (Å²) in [4.78, 5) is 4.32. The van der Waals surface area contributed by atoms with Crippen LogP contribution in [0.1, 0.15) is 37.5 Å². The minimum atomic E-state index is -0.391. The average molecular weight is 234 g/mol. The number of nitrogens with two attached hydrogens (primary N) is 1. The molecule has 0 bridgehead atoms. The zero-order valence-electron chi connectivity index (χ0n) is 9.84. The smallest absolute Gasteiger partial charge is 0.169 e. The fourth-order valence-electron chi connectivity index (χ4n) is 2.61. The highest BCUT2D eigenvalue weighted by molar-refractivity contribution is 5.08. The van der Waals surface area contributed by atoms with Gasteiger partial charge in [0.05, 0.1) is 12.3 Å². The molecular weight excluding hydrogens is 216 g/mol. The van der Waals surface area contributed by atoms with E-state index in [-0.39, 0.29) is 6.10 Å². The van der Waals surface area contributed by atoms with Crippen molar-refractivity contribution in [3.05, 3.63) is 30.1 Å². The summed E-state index contributed by atoms with van der Waals surface area (Å²) in [6.45, 7) is 0.603. The Morgan fingerprint density at radius 1 is 1.29 bits per heavy atom. The second kappa shape index (κ2) is 4.37. The number of hydrogen-bond donors (Lipinski definition) is 1. The van der Waals surface area contributed by atoms with Gasteiger partial charge in [-0.1, -0.05) is 6.07 Å². The summed E-state index contributed by atoms with van der Waals surface area (Å²) in [5.41, 5.74) is 6.87. The highest BCUT2D eigenvalue weighted by Crippen LogP contribution is 2.41. The van der Waals surface area contributed by atoms with Crippen LogP contribution in [0.3, 0.4) is 0 Å². The second-order valence-corrected chi connectivity index (χ2v) is 4.92. The van der Waals surface area contributed by atoms with Gasteiger partial charge < -0.3 is 15.2 Å². The molecule has 0 amide bonds. The standard InChI is InChI=1S/C13H18N2O2/c14-10-4-6-13(7-5-10)16-9-12(17-13)11-3-1-2-8-15-11/h1-3,8,10,12H,4-7,9,14H2. The van der Waals surface area contributed by atoms with Crippen LogP contribution in [-0.4, -0.2) is 23.4 Å². The van der Waals surface area contributed by atoms with E-state index >= 15 is 0 Å². The van der Waals surface area contributed by atoms with Crippen LogP contribution in [0, 0.1) is 0 Å². The van der Waals surface area contributed by atoms with E-state index in [2.05, 4.69) is 4.98 Å². The summed E-state index contributed by atoms with van der Waals surface area (Å²) in [6.07, 6.45) is 5.53. The Hall–Kier alpha value is -0.970. The van der Waals surface area contributed by atoms with Crippen molar-refractivity contribution in [3.63, 3.8) is 0 Å². The summed E-state index contributed by atoms with van der Waals surface area (Å²) in [7, 11) is 0. The van der Waals surface area contributed by atoms with Crippen molar-refractivity contribution in [1.82, 2.24) is 4.98 Å². The maximum atomic E-state index is 6.08. The first-order chi connectivity index (χ1) is 8.27. The average Bonchev–Trinajstić information content (AvgIpc) is 2.79. The Bertz CT molecular complexity index is 374. The predicted molar refractivity (Wildman–Crippen MR) is 63.2 cm³/mol. The lowest BCUT2D eigenvalue weighted by atomic mass is 9.91. The third-order valence-electron chi connectivity index (χ3n) is 3.66. The number of rotatable bonds is 1. The Balaban J connectivity index is 1.70. The SMILES string of the molecule is NC1CCC2(CC1)OCC(c1ccccn1)O2. The quantitative estimate of drug-likeness (QED) is 0.804. The van der Waals surface area contributed by atoms with Gasteiger partial charge in [0.15, 0.2) is 5.79 Å². The molecule has 2 heterocycles. The fraction of sp³-hybridized carbons (Fsp3) is 0.615. The molecule has 1 aliphatic carbocycles. The lowest BCUT2D eigenvalue weighted by Gasteiger charge is -2.34. The van der Waals surface area contributed by atoms with Crippen LogP contribution >= 0.6 is 0 Å². The van der Waals surface area contributed by atoms with Crippen LogP contribution in [0.2, 0.25) is 0 Å². The molecule has 1 aliphatic heterocycles. The van der Waals surface area contributed by atoms with Crippen LogP contribution in [-0.2, 0) is 9.47 Å². The van der Waals surface area contributed by atoms with Gasteiger partial charge in [-0.25, -0.2) is 0 Å². The van der Waals surface area contributed by atoms with Crippen molar-refractivity contribution < 1.29 is 9.47 Å². The maximum Gasteiger partial charge on any atom is 0.169 e. The molecule has 2 fully saturated rings. The zero-order chi connectivity index (χ0) is 11.7. The van der Waals surface area contributed by atoms with Crippen LogP contribution in [0.5, 0.6) is 0 Å². The highest BCUT2D eigenvalue weighted by Gasteiger charge is 2.44. The van der Waals surface area contributed by atoms with Crippen molar-refractivity contribution in [3.8, 4) is 0 Å². The van der Waals surface area contributed by atoms with Crippen molar-refractivity contribution >= 4 is 0 Å². The molecule has 2 aliphatic rings. The van der Waals surface area contributed by atoms with Crippen LogP contribution in [0.15, 0.2) is 24.4 Å². The first-order valence-corrected chi connectivity index (χ1v) is 6.26. The number of hydrogen-bond acceptors (Lipinski definition) is 4. The van der Waals surface area contributed by atoms with E-state index in [1.807, 2.05) is 18.2 Å². The molecular formula is C13H18N2O2. The first kappa shape index (κ1) is 11.1. The third-order valence-corrected chi connectivity index (χ3v) is 3.66. The van der Waals surface area contributed by atoms with E-state index in [4.69, 9.17) is 15.2 Å². The van der Waals surface area contributed by atoms with E-state index in [0.29, 0.717) is 12.6 Å². The van der Waals surface area contributed by atoms with Crippen molar-refractivity contribution in [2.24, 2.45) is 5.73 Å². The van der Waals surface area contributed by atoms with Crippen molar-refractivity contribution in [2.75, 3.05) is 6.61 Å². The zero-order valence-corrected chi connectivity index (χ0v) is 9.84.